The van der Waals surface area contributed by atoms with Crippen LogP contribution in [0, 0.1) is 0 Å². The molecule has 3 aromatic rings. The topological polar surface area (TPSA) is 34.0 Å². The van der Waals surface area contributed by atoms with Gasteiger partial charge in [-0.05, 0) is 18.2 Å². The van der Waals surface area contributed by atoms with E-state index in [1.54, 1.807) is 12.1 Å². The van der Waals surface area contributed by atoms with Crippen LogP contribution in [0.25, 0.3) is 10.9 Å². The molecule has 0 aliphatic rings. The zero-order valence-corrected chi connectivity index (χ0v) is 11.7. The molecule has 0 spiro atoms. The fraction of sp³-hybridized carbons (Fsp3) is 0.0625. The van der Waals surface area contributed by atoms with Crippen molar-refractivity contribution in [2.75, 3.05) is 5.32 Å². The van der Waals surface area contributed by atoms with Crippen molar-refractivity contribution in [2.24, 2.45) is 7.05 Å². The molecule has 4 heteroatoms. The number of carbonyl (C=O) groups is 1. The van der Waals surface area contributed by atoms with E-state index in [1.165, 1.54) is 0 Å². The summed E-state index contributed by atoms with van der Waals surface area (Å²) in [6.07, 6.45) is 1.83. The van der Waals surface area contributed by atoms with Gasteiger partial charge in [0.25, 0.3) is 5.91 Å². The Hall–Kier alpha value is -2.26. The monoisotopic (exact) mass is 284 g/mol. The van der Waals surface area contributed by atoms with Gasteiger partial charge >= 0.3 is 0 Å². The average Bonchev–Trinajstić information content (AvgIpc) is 2.79. The Labute approximate surface area is 121 Å². The molecule has 0 radical (unpaired) electrons. The van der Waals surface area contributed by atoms with Crippen LogP contribution in [0.4, 0.5) is 5.69 Å². The number of para-hydroxylation sites is 2. The van der Waals surface area contributed by atoms with Crippen LogP contribution < -0.4 is 5.32 Å². The van der Waals surface area contributed by atoms with Crippen LogP contribution >= 0.6 is 11.6 Å². The molecule has 0 fully saturated rings. The number of hydrogen-bond acceptors (Lipinski definition) is 1. The number of nitrogens with one attached hydrogen (secondary N) is 1. The second-order valence-electron chi connectivity index (χ2n) is 4.60. The Morgan fingerprint density at radius 1 is 1.10 bits per heavy atom. The Bertz CT molecular complexity index is 792. The van der Waals surface area contributed by atoms with Crippen LogP contribution in [0.3, 0.4) is 0 Å². The van der Waals surface area contributed by atoms with Crippen LogP contribution in [-0.4, -0.2) is 10.5 Å². The summed E-state index contributed by atoms with van der Waals surface area (Å²) in [5.41, 5.74) is 2.28. The first-order chi connectivity index (χ1) is 9.66. The second-order valence-corrected chi connectivity index (χ2v) is 5.01. The van der Waals surface area contributed by atoms with Crippen molar-refractivity contribution in [2.45, 2.75) is 0 Å². The number of hydrogen-bond donors (Lipinski definition) is 1. The molecule has 0 aliphatic heterocycles. The third-order valence-corrected chi connectivity index (χ3v) is 3.59. The summed E-state index contributed by atoms with van der Waals surface area (Å²) in [6, 6.07) is 15.0. The SMILES string of the molecule is Cn1cc(C(=O)Nc2ccccc2Cl)c2ccccc21. The van der Waals surface area contributed by atoms with Crippen LogP contribution in [0.15, 0.2) is 54.7 Å². The maximum atomic E-state index is 12.4. The lowest BCUT2D eigenvalue weighted by atomic mass is 10.1. The fourth-order valence-corrected chi connectivity index (χ4v) is 2.46. The van der Waals surface area contributed by atoms with Crippen molar-refractivity contribution in [1.82, 2.24) is 4.57 Å². The van der Waals surface area contributed by atoms with Crippen molar-refractivity contribution in [1.29, 1.82) is 0 Å². The van der Waals surface area contributed by atoms with Crippen LogP contribution in [0.1, 0.15) is 10.4 Å². The Balaban J connectivity index is 2.00. The van der Waals surface area contributed by atoms with Gasteiger partial charge in [0.15, 0.2) is 0 Å². The minimum Gasteiger partial charge on any atom is -0.350 e. The van der Waals surface area contributed by atoms with E-state index in [0.29, 0.717) is 16.3 Å². The molecule has 0 bridgehead atoms. The van der Waals surface area contributed by atoms with Gasteiger partial charge < -0.3 is 9.88 Å². The predicted molar refractivity (Wildman–Crippen MR) is 82.3 cm³/mol. The van der Waals surface area contributed by atoms with Gasteiger partial charge in [-0.15, -0.1) is 0 Å². The first kappa shape index (κ1) is 12.8. The van der Waals surface area contributed by atoms with Gasteiger partial charge in [0.1, 0.15) is 0 Å². The molecule has 1 heterocycles. The average molecular weight is 285 g/mol. The smallest absolute Gasteiger partial charge is 0.257 e. The van der Waals surface area contributed by atoms with Crippen molar-refractivity contribution >= 4 is 34.1 Å². The van der Waals surface area contributed by atoms with Gasteiger partial charge in [0.05, 0.1) is 16.3 Å². The first-order valence-electron chi connectivity index (χ1n) is 6.27. The van der Waals surface area contributed by atoms with E-state index in [-0.39, 0.29) is 5.91 Å². The number of fused-ring (bicyclic) bond motifs is 1. The Kier molecular flexibility index (Phi) is 3.20. The maximum absolute atomic E-state index is 12.4. The van der Waals surface area contributed by atoms with E-state index >= 15 is 0 Å². The molecule has 20 heavy (non-hydrogen) atoms. The van der Waals surface area contributed by atoms with Crippen molar-refractivity contribution in [3.05, 3.63) is 65.3 Å². The number of benzene rings is 2. The fourth-order valence-electron chi connectivity index (χ4n) is 2.27. The molecule has 1 N–H and O–H groups in total. The summed E-state index contributed by atoms with van der Waals surface area (Å²) >= 11 is 6.06. The van der Waals surface area contributed by atoms with Gasteiger partial charge in [-0.3, -0.25) is 4.79 Å². The highest BCUT2D eigenvalue weighted by molar-refractivity contribution is 6.34. The predicted octanol–water partition coefficient (Wildman–Crippen LogP) is 4.08. The third kappa shape index (κ3) is 2.17. The molecule has 2 aromatic carbocycles. The number of amides is 1. The molecule has 0 saturated carbocycles. The minimum atomic E-state index is -0.157. The van der Waals surface area contributed by atoms with Crippen molar-refractivity contribution in [3.63, 3.8) is 0 Å². The van der Waals surface area contributed by atoms with Crippen LogP contribution in [-0.2, 0) is 7.05 Å². The number of carbonyl (C=O) groups excluding carboxylic acids is 1. The molecule has 0 saturated heterocycles. The number of aryl methyl sites for hydroxylation is 1. The number of halogens is 1. The van der Waals surface area contributed by atoms with E-state index in [1.807, 2.05) is 54.2 Å². The molecule has 0 atom stereocenters. The van der Waals surface area contributed by atoms with E-state index in [0.717, 1.165) is 10.9 Å². The highest BCUT2D eigenvalue weighted by Gasteiger charge is 2.14. The van der Waals surface area contributed by atoms with E-state index in [9.17, 15) is 4.79 Å². The van der Waals surface area contributed by atoms with Gasteiger partial charge in [-0.1, -0.05) is 41.9 Å². The normalized spacial score (nSPS) is 10.7. The molecule has 100 valence electrons. The summed E-state index contributed by atoms with van der Waals surface area (Å²) in [5, 5.41) is 4.31. The largest absolute Gasteiger partial charge is 0.350 e. The molecule has 0 unspecified atom stereocenters. The lowest BCUT2D eigenvalue weighted by Crippen LogP contribution is -2.11. The first-order valence-corrected chi connectivity index (χ1v) is 6.64. The third-order valence-electron chi connectivity index (χ3n) is 3.26. The van der Waals surface area contributed by atoms with Gasteiger partial charge in [0.2, 0.25) is 0 Å². The number of nitrogens with zero attached hydrogens (tertiary/aromatic N) is 1. The summed E-state index contributed by atoms with van der Waals surface area (Å²) in [4.78, 5) is 12.4. The Morgan fingerprint density at radius 2 is 1.80 bits per heavy atom. The van der Waals surface area contributed by atoms with Gasteiger partial charge in [0, 0.05) is 24.1 Å². The number of aromatic nitrogens is 1. The lowest BCUT2D eigenvalue weighted by Gasteiger charge is -2.06. The quantitative estimate of drug-likeness (QED) is 0.756. The summed E-state index contributed by atoms with van der Waals surface area (Å²) < 4.78 is 1.94. The van der Waals surface area contributed by atoms with E-state index in [2.05, 4.69) is 5.32 Å². The van der Waals surface area contributed by atoms with Gasteiger partial charge in [-0.2, -0.15) is 0 Å². The highest BCUT2D eigenvalue weighted by atomic mass is 35.5. The molecule has 3 nitrogen and oxygen atoms in total. The molecule has 1 amide bonds. The standard InChI is InChI=1S/C16H13ClN2O/c1-19-10-12(11-6-2-5-9-15(11)19)16(20)18-14-8-4-3-7-13(14)17/h2-10H,1H3,(H,18,20). The number of rotatable bonds is 2. The Morgan fingerprint density at radius 3 is 2.60 bits per heavy atom. The molecule has 3 rings (SSSR count). The van der Waals surface area contributed by atoms with E-state index in [4.69, 9.17) is 11.6 Å². The van der Waals surface area contributed by atoms with E-state index < -0.39 is 0 Å². The maximum Gasteiger partial charge on any atom is 0.257 e. The van der Waals surface area contributed by atoms with Crippen LogP contribution in [0.2, 0.25) is 5.02 Å². The zero-order chi connectivity index (χ0) is 14.1. The minimum absolute atomic E-state index is 0.157. The second kappa shape index (κ2) is 5.02. The molecular weight excluding hydrogens is 272 g/mol. The zero-order valence-electron chi connectivity index (χ0n) is 10.9. The molecule has 1 aromatic heterocycles. The highest BCUT2D eigenvalue weighted by Crippen LogP contribution is 2.24. The summed E-state index contributed by atoms with van der Waals surface area (Å²) in [5.74, 6) is -0.157. The lowest BCUT2D eigenvalue weighted by molar-refractivity contribution is 0.102. The molecular formula is C16H13ClN2O. The summed E-state index contributed by atoms with van der Waals surface area (Å²) in [7, 11) is 1.93. The summed E-state index contributed by atoms with van der Waals surface area (Å²) in [6.45, 7) is 0. The van der Waals surface area contributed by atoms with Gasteiger partial charge in [-0.25, -0.2) is 0 Å². The molecule has 0 aliphatic carbocycles. The number of anilines is 1. The van der Waals surface area contributed by atoms with Crippen molar-refractivity contribution in [3.8, 4) is 0 Å². The van der Waals surface area contributed by atoms with Crippen LogP contribution in [0.5, 0.6) is 0 Å². The van der Waals surface area contributed by atoms with Crippen molar-refractivity contribution < 1.29 is 4.79 Å².